The topological polar surface area (TPSA) is 38.5 Å². The first kappa shape index (κ1) is 14.6. The zero-order chi connectivity index (χ0) is 14.0. The van der Waals surface area contributed by atoms with Crippen LogP contribution in [0.1, 0.15) is 31.9 Å². The van der Waals surface area contributed by atoms with Crippen molar-refractivity contribution < 1.29 is 4.74 Å². The van der Waals surface area contributed by atoms with Crippen molar-refractivity contribution in [2.24, 2.45) is 11.7 Å². The molecule has 1 aromatic carbocycles. The van der Waals surface area contributed by atoms with Crippen LogP contribution in [0.15, 0.2) is 18.2 Å². The van der Waals surface area contributed by atoms with Crippen LogP contribution in [-0.2, 0) is 0 Å². The van der Waals surface area contributed by atoms with Gasteiger partial charge in [-0.1, -0.05) is 24.6 Å². The second-order valence-corrected chi connectivity index (χ2v) is 5.94. The maximum atomic E-state index is 6.22. The zero-order valence-electron chi connectivity index (χ0n) is 11.9. The van der Waals surface area contributed by atoms with Crippen LogP contribution in [0.5, 0.6) is 5.75 Å². The first-order chi connectivity index (χ1) is 9.06. The lowest BCUT2D eigenvalue weighted by Gasteiger charge is -2.31. The summed E-state index contributed by atoms with van der Waals surface area (Å²) in [5.74, 6) is 1.45. The van der Waals surface area contributed by atoms with E-state index in [1.165, 1.54) is 12.0 Å². The number of rotatable bonds is 4. The fourth-order valence-electron chi connectivity index (χ4n) is 3.12. The van der Waals surface area contributed by atoms with Crippen molar-refractivity contribution in [1.82, 2.24) is 4.90 Å². The van der Waals surface area contributed by atoms with Crippen LogP contribution in [0, 0.1) is 5.92 Å². The highest BCUT2D eigenvalue weighted by atomic mass is 35.5. The third-order valence-electron chi connectivity index (χ3n) is 4.02. The zero-order valence-corrected chi connectivity index (χ0v) is 12.7. The molecule has 0 aromatic heterocycles. The molecule has 106 valence electrons. The van der Waals surface area contributed by atoms with E-state index in [1.54, 1.807) is 7.11 Å². The van der Waals surface area contributed by atoms with Gasteiger partial charge in [0.2, 0.25) is 0 Å². The average molecular weight is 283 g/mol. The summed E-state index contributed by atoms with van der Waals surface area (Å²) in [7, 11) is 1.63. The van der Waals surface area contributed by atoms with Crippen molar-refractivity contribution in [2.75, 3.05) is 20.2 Å². The van der Waals surface area contributed by atoms with Gasteiger partial charge in [-0.2, -0.15) is 0 Å². The summed E-state index contributed by atoms with van der Waals surface area (Å²) < 4.78 is 5.20. The highest BCUT2D eigenvalue weighted by molar-refractivity contribution is 6.32. The highest BCUT2D eigenvalue weighted by Gasteiger charge is 2.32. The molecule has 1 fully saturated rings. The molecular formula is C15H23ClN2O. The Morgan fingerprint density at radius 3 is 2.68 bits per heavy atom. The fraction of sp³-hybridized carbons (Fsp3) is 0.600. The van der Waals surface area contributed by atoms with E-state index in [2.05, 4.69) is 24.8 Å². The second-order valence-electron chi connectivity index (χ2n) is 5.53. The summed E-state index contributed by atoms with van der Waals surface area (Å²) >= 11 is 6.22. The number of nitrogens with two attached hydrogens (primary N) is 1. The summed E-state index contributed by atoms with van der Waals surface area (Å²) in [5, 5.41) is 0.651. The summed E-state index contributed by atoms with van der Waals surface area (Å²) in [5.41, 5.74) is 7.17. The molecule has 3 nitrogen and oxygen atoms in total. The maximum absolute atomic E-state index is 6.22. The van der Waals surface area contributed by atoms with Gasteiger partial charge in [-0.15, -0.1) is 0 Å². The fourth-order valence-corrected chi connectivity index (χ4v) is 3.39. The Balaban J connectivity index is 2.24. The number of halogens is 1. The van der Waals surface area contributed by atoms with Gasteiger partial charge in [-0.3, -0.25) is 4.90 Å². The number of hydrogen-bond acceptors (Lipinski definition) is 3. The van der Waals surface area contributed by atoms with Crippen LogP contribution < -0.4 is 10.5 Å². The van der Waals surface area contributed by atoms with Crippen molar-refractivity contribution in [3.05, 3.63) is 28.8 Å². The molecule has 2 N–H and O–H groups in total. The number of ether oxygens (including phenoxy) is 1. The largest absolute Gasteiger partial charge is 0.495 e. The van der Waals surface area contributed by atoms with E-state index in [-0.39, 0.29) is 6.04 Å². The molecule has 4 heteroatoms. The van der Waals surface area contributed by atoms with Crippen molar-refractivity contribution in [3.63, 3.8) is 0 Å². The number of hydrogen-bond donors (Lipinski definition) is 1. The van der Waals surface area contributed by atoms with Gasteiger partial charge in [0.25, 0.3) is 0 Å². The monoisotopic (exact) mass is 282 g/mol. The average Bonchev–Trinajstić information content (AvgIpc) is 2.70. The van der Waals surface area contributed by atoms with E-state index in [0.717, 1.165) is 12.5 Å². The molecule has 1 heterocycles. The molecule has 0 aliphatic carbocycles. The van der Waals surface area contributed by atoms with Gasteiger partial charge in [0.05, 0.1) is 12.1 Å². The van der Waals surface area contributed by atoms with E-state index in [1.807, 2.05) is 12.1 Å². The van der Waals surface area contributed by atoms with Crippen LogP contribution in [0.4, 0.5) is 0 Å². The van der Waals surface area contributed by atoms with Gasteiger partial charge in [0.1, 0.15) is 5.75 Å². The summed E-state index contributed by atoms with van der Waals surface area (Å²) in [6.07, 6.45) is 1.24. The summed E-state index contributed by atoms with van der Waals surface area (Å²) in [4.78, 5) is 2.49. The molecule has 0 amide bonds. The predicted octanol–water partition coefficient (Wildman–Crippen LogP) is 3.08. The van der Waals surface area contributed by atoms with Crippen molar-refractivity contribution in [2.45, 2.75) is 32.4 Å². The molecule has 0 bridgehead atoms. The third-order valence-corrected chi connectivity index (χ3v) is 4.31. The summed E-state index contributed by atoms with van der Waals surface area (Å²) in [6.45, 7) is 6.29. The molecule has 1 aliphatic heterocycles. The lowest BCUT2D eigenvalue weighted by atomic mass is 10.0. The van der Waals surface area contributed by atoms with Crippen LogP contribution >= 0.6 is 11.6 Å². The van der Waals surface area contributed by atoms with Gasteiger partial charge in [-0.25, -0.2) is 0 Å². The SMILES string of the molecule is COc1ccc(C(CN)N2CC(C)CC2C)cc1Cl. The Labute approximate surface area is 120 Å². The van der Waals surface area contributed by atoms with Gasteiger partial charge >= 0.3 is 0 Å². The highest BCUT2D eigenvalue weighted by Crippen LogP contribution is 2.34. The molecule has 3 atom stereocenters. The molecule has 0 spiro atoms. The number of nitrogens with zero attached hydrogens (tertiary/aromatic N) is 1. The first-order valence-electron chi connectivity index (χ1n) is 6.86. The van der Waals surface area contributed by atoms with E-state index in [0.29, 0.717) is 23.4 Å². The van der Waals surface area contributed by atoms with E-state index < -0.39 is 0 Å². The normalized spacial score (nSPS) is 25.5. The van der Waals surface area contributed by atoms with Crippen LogP contribution in [0.3, 0.4) is 0 Å². The van der Waals surface area contributed by atoms with Crippen molar-refractivity contribution in [3.8, 4) is 5.75 Å². The van der Waals surface area contributed by atoms with Crippen LogP contribution in [0.2, 0.25) is 5.02 Å². The Hall–Kier alpha value is -0.770. The standard InChI is InChI=1S/C15H23ClN2O/c1-10-6-11(2)18(9-10)14(8-17)12-4-5-15(19-3)13(16)7-12/h4-5,7,10-11,14H,6,8-9,17H2,1-3H3. The Morgan fingerprint density at radius 2 is 2.21 bits per heavy atom. The quantitative estimate of drug-likeness (QED) is 0.922. The predicted molar refractivity (Wildman–Crippen MR) is 79.7 cm³/mol. The van der Waals surface area contributed by atoms with Crippen LogP contribution in [-0.4, -0.2) is 31.1 Å². The molecule has 1 aliphatic rings. The molecule has 0 saturated carbocycles. The van der Waals surface area contributed by atoms with Gasteiger partial charge in [0, 0.05) is 25.2 Å². The van der Waals surface area contributed by atoms with Crippen molar-refractivity contribution in [1.29, 1.82) is 0 Å². The first-order valence-corrected chi connectivity index (χ1v) is 7.23. The number of methoxy groups -OCH3 is 1. The summed E-state index contributed by atoms with van der Waals surface area (Å²) in [6, 6.07) is 6.78. The minimum absolute atomic E-state index is 0.239. The smallest absolute Gasteiger partial charge is 0.137 e. The Kier molecular flexibility index (Phi) is 4.71. The molecule has 0 radical (unpaired) electrons. The van der Waals surface area contributed by atoms with Crippen LogP contribution in [0.25, 0.3) is 0 Å². The molecule has 2 rings (SSSR count). The van der Waals surface area contributed by atoms with Gasteiger partial charge in [-0.05, 0) is 37.0 Å². The van der Waals surface area contributed by atoms with E-state index >= 15 is 0 Å². The van der Waals surface area contributed by atoms with Gasteiger partial charge in [0.15, 0.2) is 0 Å². The lowest BCUT2D eigenvalue weighted by Crippen LogP contribution is -2.36. The Morgan fingerprint density at radius 1 is 1.47 bits per heavy atom. The Bertz CT molecular complexity index is 438. The molecule has 1 saturated heterocycles. The number of likely N-dealkylation sites (tertiary alicyclic amines) is 1. The molecule has 3 unspecified atom stereocenters. The van der Waals surface area contributed by atoms with Gasteiger partial charge < -0.3 is 10.5 Å². The minimum Gasteiger partial charge on any atom is -0.495 e. The second kappa shape index (κ2) is 6.12. The third kappa shape index (κ3) is 3.04. The van der Waals surface area contributed by atoms with E-state index in [9.17, 15) is 0 Å². The molecule has 19 heavy (non-hydrogen) atoms. The van der Waals surface area contributed by atoms with Crippen molar-refractivity contribution >= 4 is 11.6 Å². The number of benzene rings is 1. The minimum atomic E-state index is 0.239. The molecule has 1 aromatic rings. The van der Waals surface area contributed by atoms with E-state index in [4.69, 9.17) is 22.1 Å². The molecular weight excluding hydrogens is 260 g/mol. The maximum Gasteiger partial charge on any atom is 0.137 e. The lowest BCUT2D eigenvalue weighted by molar-refractivity contribution is 0.192.